The van der Waals surface area contributed by atoms with E-state index in [-0.39, 0.29) is 42.7 Å². The number of carboxylic acid groups (broad SMARTS) is 1. The van der Waals surface area contributed by atoms with Crippen molar-refractivity contribution in [2.24, 2.45) is 0 Å². The summed E-state index contributed by atoms with van der Waals surface area (Å²) in [5, 5.41) is 11.7. The van der Waals surface area contributed by atoms with Crippen LogP contribution in [0.15, 0.2) is 48.6 Å². The number of likely N-dealkylation sites (N-methyl/N-ethyl adjacent to an activating group) is 1. The van der Waals surface area contributed by atoms with Crippen LogP contribution < -0.4 is 5.11 Å². The topological polar surface area (TPSA) is 102 Å². The number of unbranched alkanes of at least 4 members (excludes halogenated alkanes) is 30. The van der Waals surface area contributed by atoms with Gasteiger partial charge >= 0.3 is 11.9 Å². The summed E-state index contributed by atoms with van der Waals surface area (Å²) in [7, 11) is 5.43. The van der Waals surface area contributed by atoms with E-state index in [2.05, 4.69) is 62.5 Å². The van der Waals surface area contributed by atoms with Crippen LogP contribution in [0.5, 0.6) is 0 Å². The first-order valence-electron chi connectivity index (χ1n) is 28.7. The van der Waals surface area contributed by atoms with E-state index in [4.69, 9.17) is 14.2 Å². The summed E-state index contributed by atoms with van der Waals surface area (Å²) in [4.78, 5) is 37.2. The number of carbonyl (C=O) groups excluding carboxylic acids is 3. The molecule has 2 atom stereocenters. The van der Waals surface area contributed by atoms with Crippen LogP contribution in [0.2, 0.25) is 0 Å². The predicted molar refractivity (Wildman–Crippen MR) is 286 cm³/mol. The third-order valence-electron chi connectivity index (χ3n) is 13.0. The van der Waals surface area contributed by atoms with Gasteiger partial charge in [0.25, 0.3) is 0 Å². The number of aliphatic carboxylic acids is 1. The highest BCUT2D eigenvalue weighted by atomic mass is 16.6. The van der Waals surface area contributed by atoms with E-state index < -0.39 is 18.1 Å². The van der Waals surface area contributed by atoms with Crippen molar-refractivity contribution >= 4 is 17.9 Å². The van der Waals surface area contributed by atoms with Crippen molar-refractivity contribution in [3.8, 4) is 0 Å². The molecule has 0 bridgehead atoms. The van der Waals surface area contributed by atoms with Gasteiger partial charge in [0, 0.05) is 19.3 Å². The minimum Gasteiger partial charge on any atom is -0.544 e. The highest BCUT2D eigenvalue weighted by Gasteiger charge is 2.25. The average molecular weight is 957 g/mol. The van der Waals surface area contributed by atoms with Gasteiger partial charge in [-0.1, -0.05) is 242 Å². The molecule has 0 saturated carbocycles. The van der Waals surface area contributed by atoms with Crippen LogP contribution in [0.25, 0.3) is 0 Å². The normalized spacial score (nSPS) is 13.1. The number of hydrogen-bond acceptors (Lipinski definition) is 7. The molecule has 0 aromatic carbocycles. The molecular formula is C60H109NO7. The summed E-state index contributed by atoms with van der Waals surface area (Å²) in [5.41, 5.74) is 0. The molecule has 0 saturated heterocycles. The average Bonchev–Trinajstić information content (AvgIpc) is 3.30. The predicted octanol–water partition coefficient (Wildman–Crippen LogP) is 15.8. The van der Waals surface area contributed by atoms with Crippen LogP contribution in [0.3, 0.4) is 0 Å². The fraction of sp³-hybridized carbons (Fsp3) is 0.817. The second kappa shape index (κ2) is 50.7. The summed E-state index contributed by atoms with van der Waals surface area (Å²) in [6.45, 7) is 4.59. The fourth-order valence-electron chi connectivity index (χ4n) is 8.59. The standard InChI is InChI=1S/C60H109NO7/c1-6-8-10-12-14-16-18-20-22-24-26-28-29-31-32-34-36-38-40-42-44-46-48-50-58(62)67-55-56(54-66-53-52-57(60(64)65)61(3,4)5)68-59(63)51-49-47-45-43-41-39-37-35-33-30-27-25-23-21-19-17-15-13-11-9-7-2/h8,10,14,16,20,22,26,28,56-57H,6-7,9,11-13,15,17-19,21,23-25,27,29-55H2,1-5H3/b10-8+,16-14+,22-20+,28-26+. The summed E-state index contributed by atoms with van der Waals surface area (Å²) in [5.74, 6) is -1.72. The van der Waals surface area contributed by atoms with E-state index >= 15 is 0 Å². The third-order valence-corrected chi connectivity index (χ3v) is 13.0. The van der Waals surface area contributed by atoms with Crippen molar-refractivity contribution in [2.75, 3.05) is 41.0 Å². The van der Waals surface area contributed by atoms with E-state index in [0.717, 1.165) is 64.2 Å². The first kappa shape index (κ1) is 65.3. The zero-order valence-corrected chi connectivity index (χ0v) is 45.3. The van der Waals surface area contributed by atoms with E-state index in [9.17, 15) is 19.5 Å². The third kappa shape index (κ3) is 48.3. The van der Waals surface area contributed by atoms with Gasteiger partial charge in [0.1, 0.15) is 12.6 Å². The first-order chi connectivity index (χ1) is 33.1. The molecule has 0 N–H and O–H groups in total. The second-order valence-corrected chi connectivity index (χ2v) is 20.5. The van der Waals surface area contributed by atoms with Crippen LogP contribution >= 0.6 is 0 Å². The number of carboxylic acids is 1. The van der Waals surface area contributed by atoms with Crippen molar-refractivity contribution in [3.05, 3.63) is 48.6 Å². The van der Waals surface area contributed by atoms with Crippen molar-refractivity contribution in [1.29, 1.82) is 0 Å². The van der Waals surface area contributed by atoms with Crippen LogP contribution in [0.1, 0.15) is 264 Å². The maximum absolute atomic E-state index is 12.8. The van der Waals surface area contributed by atoms with Gasteiger partial charge < -0.3 is 28.6 Å². The van der Waals surface area contributed by atoms with E-state index in [1.165, 1.54) is 167 Å². The van der Waals surface area contributed by atoms with Gasteiger partial charge in [-0.05, 0) is 51.4 Å². The van der Waals surface area contributed by atoms with E-state index in [1.807, 2.05) is 21.1 Å². The Hall–Kier alpha value is -2.71. The molecule has 0 aliphatic carbocycles. The maximum Gasteiger partial charge on any atom is 0.306 e. The molecule has 0 rings (SSSR count). The Bertz CT molecular complexity index is 1250. The lowest BCUT2D eigenvalue weighted by molar-refractivity contribution is -0.889. The molecule has 0 aromatic heterocycles. The van der Waals surface area contributed by atoms with Crippen molar-refractivity contribution in [2.45, 2.75) is 276 Å². The van der Waals surface area contributed by atoms with Gasteiger partial charge in [-0.25, -0.2) is 0 Å². The number of rotatable bonds is 52. The van der Waals surface area contributed by atoms with Gasteiger partial charge in [-0.2, -0.15) is 0 Å². The largest absolute Gasteiger partial charge is 0.544 e. The number of quaternary nitrogens is 1. The summed E-state index contributed by atoms with van der Waals surface area (Å²) in [6, 6.07) is -0.727. The van der Waals surface area contributed by atoms with Gasteiger partial charge in [0.15, 0.2) is 6.10 Å². The minimum atomic E-state index is -1.12. The van der Waals surface area contributed by atoms with Gasteiger partial charge in [-0.15, -0.1) is 0 Å². The summed E-state index contributed by atoms with van der Waals surface area (Å²) in [6.07, 6.45) is 62.9. The lowest BCUT2D eigenvalue weighted by Crippen LogP contribution is -2.55. The lowest BCUT2D eigenvalue weighted by Gasteiger charge is -2.34. The minimum absolute atomic E-state index is 0.0422. The van der Waals surface area contributed by atoms with Crippen molar-refractivity contribution in [1.82, 2.24) is 0 Å². The van der Waals surface area contributed by atoms with E-state index in [1.54, 1.807) is 0 Å². The molecule has 8 heteroatoms. The molecule has 0 heterocycles. The van der Waals surface area contributed by atoms with Crippen LogP contribution in [0, 0.1) is 0 Å². The molecule has 0 aliphatic rings. The van der Waals surface area contributed by atoms with Gasteiger partial charge in [-0.3, -0.25) is 9.59 Å². The quantitative estimate of drug-likeness (QED) is 0.0259. The number of hydrogen-bond donors (Lipinski definition) is 0. The Morgan fingerprint density at radius 2 is 0.824 bits per heavy atom. The van der Waals surface area contributed by atoms with Gasteiger partial charge in [0.05, 0.1) is 40.3 Å². The molecule has 68 heavy (non-hydrogen) atoms. The number of nitrogens with zero attached hydrogens (tertiary/aromatic N) is 1. The SMILES string of the molecule is CC/C=C/C/C=C/C/C=C/C/C=C/CCCCCCCCCCCCC(=O)OCC(COCCC(C(=O)[O-])[N+](C)(C)C)OC(=O)CCCCCCCCCCCCCCCCCCCCCCC. The zero-order valence-electron chi connectivity index (χ0n) is 45.3. The van der Waals surface area contributed by atoms with Crippen LogP contribution in [0.4, 0.5) is 0 Å². The number of esters is 2. The smallest absolute Gasteiger partial charge is 0.306 e. The molecule has 0 aliphatic heterocycles. The summed E-state index contributed by atoms with van der Waals surface area (Å²) < 4.78 is 17.3. The van der Waals surface area contributed by atoms with Crippen molar-refractivity contribution in [3.63, 3.8) is 0 Å². The molecule has 2 unspecified atom stereocenters. The lowest BCUT2D eigenvalue weighted by atomic mass is 10.0. The Morgan fingerprint density at radius 1 is 0.456 bits per heavy atom. The highest BCUT2D eigenvalue weighted by molar-refractivity contribution is 5.70. The highest BCUT2D eigenvalue weighted by Crippen LogP contribution is 2.17. The zero-order chi connectivity index (χ0) is 49.9. The van der Waals surface area contributed by atoms with Gasteiger partial charge in [0.2, 0.25) is 0 Å². The Morgan fingerprint density at radius 3 is 1.22 bits per heavy atom. The van der Waals surface area contributed by atoms with Crippen LogP contribution in [-0.2, 0) is 28.6 Å². The summed E-state index contributed by atoms with van der Waals surface area (Å²) >= 11 is 0. The monoisotopic (exact) mass is 956 g/mol. The molecule has 396 valence electrons. The molecule has 8 nitrogen and oxygen atoms in total. The molecule has 0 fully saturated rings. The number of carbonyl (C=O) groups is 3. The fourth-order valence-corrected chi connectivity index (χ4v) is 8.59. The molecule has 0 spiro atoms. The second-order valence-electron chi connectivity index (χ2n) is 20.5. The number of allylic oxidation sites excluding steroid dienone is 8. The molecule has 0 amide bonds. The number of ether oxygens (including phenoxy) is 3. The van der Waals surface area contributed by atoms with E-state index in [0.29, 0.717) is 12.8 Å². The molecule has 0 aromatic rings. The van der Waals surface area contributed by atoms with Crippen molar-refractivity contribution < 1.29 is 38.2 Å². The maximum atomic E-state index is 12.8. The first-order valence-corrected chi connectivity index (χ1v) is 28.7. The molecule has 0 radical (unpaired) electrons. The Labute approximate surface area is 420 Å². The Kier molecular flexibility index (Phi) is 48.7. The van der Waals surface area contributed by atoms with Crippen LogP contribution in [-0.4, -0.2) is 75.5 Å². The molecular weight excluding hydrogens is 847 g/mol. The Balaban J connectivity index is 4.15.